The molecule has 132 valence electrons. The van der Waals surface area contributed by atoms with Gasteiger partial charge in [0.05, 0.1) is 6.54 Å². The molecule has 24 heavy (non-hydrogen) atoms. The fourth-order valence-corrected chi connectivity index (χ4v) is 3.38. The van der Waals surface area contributed by atoms with E-state index in [9.17, 15) is 14.7 Å². The van der Waals surface area contributed by atoms with Gasteiger partial charge in [0.1, 0.15) is 6.04 Å². The summed E-state index contributed by atoms with van der Waals surface area (Å²) < 4.78 is 0. The van der Waals surface area contributed by atoms with Crippen LogP contribution in [0.4, 0.5) is 5.69 Å². The van der Waals surface area contributed by atoms with E-state index < -0.39 is 12.0 Å². The standard InChI is InChI=1S/C19H28N2O3/c1-2-9-17(19(23)24)20-14-18(22)21(15-10-5-3-6-11-15)16-12-7-4-8-13-16/h3,5-6,10-11,16-17,20H,2,4,7-9,12-14H2,1H3,(H,23,24). The van der Waals surface area contributed by atoms with Gasteiger partial charge in [-0.15, -0.1) is 0 Å². The SMILES string of the molecule is CCCC(NCC(=O)N(c1ccccc1)C1CCCCC1)C(=O)O. The van der Waals surface area contributed by atoms with Crippen molar-refractivity contribution in [1.82, 2.24) is 5.32 Å². The molecule has 5 heteroatoms. The van der Waals surface area contributed by atoms with E-state index in [4.69, 9.17) is 0 Å². The second-order valence-electron chi connectivity index (χ2n) is 6.45. The Morgan fingerprint density at radius 3 is 2.46 bits per heavy atom. The smallest absolute Gasteiger partial charge is 0.320 e. The van der Waals surface area contributed by atoms with Crippen LogP contribution in [-0.2, 0) is 9.59 Å². The van der Waals surface area contributed by atoms with Crippen LogP contribution in [-0.4, -0.2) is 35.6 Å². The molecular weight excluding hydrogens is 304 g/mol. The van der Waals surface area contributed by atoms with Crippen molar-refractivity contribution in [3.05, 3.63) is 30.3 Å². The topological polar surface area (TPSA) is 69.6 Å². The number of nitrogens with one attached hydrogen (secondary N) is 1. The molecule has 1 unspecified atom stereocenters. The zero-order valence-electron chi connectivity index (χ0n) is 14.4. The van der Waals surface area contributed by atoms with Crippen LogP contribution in [0.2, 0.25) is 0 Å². The van der Waals surface area contributed by atoms with Crippen LogP contribution in [0.25, 0.3) is 0 Å². The summed E-state index contributed by atoms with van der Waals surface area (Å²) in [4.78, 5) is 26.0. The Morgan fingerprint density at radius 1 is 1.21 bits per heavy atom. The van der Waals surface area contributed by atoms with Crippen LogP contribution < -0.4 is 10.2 Å². The summed E-state index contributed by atoms with van der Waals surface area (Å²) in [5, 5.41) is 12.2. The molecule has 2 rings (SSSR count). The van der Waals surface area contributed by atoms with Crippen molar-refractivity contribution in [2.45, 2.75) is 64.0 Å². The average molecular weight is 332 g/mol. The third-order valence-corrected chi connectivity index (χ3v) is 4.62. The number of carbonyl (C=O) groups excluding carboxylic acids is 1. The molecule has 0 saturated heterocycles. The van der Waals surface area contributed by atoms with Gasteiger partial charge in [0, 0.05) is 11.7 Å². The second-order valence-corrected chi connectivity index (χ2v) is 6.45. The number of rotatable bonds is 8. The highest BCUT2D eigenvalue weighted by molar-refractivity contribution is 5.95. The molecule has 1 atom stereocenters. The molecule has 0 aliphatic heterocycles. The summed E-state index contributed by atoms with van der Waals surface area (Å²) >= 11 is 0. The Labute approximate surface area is 144 Å². The van der Waals surface area contributed by atoms with Gasteiger partial charge < -0.3 is 10.0 Å². The number of carboxylic acids is 1. The fourth-order valence-electron chi connectivity index (χ4n) is 3.38. The molecule has 0 bridgehead atoms. The van der Waals surface area contributed by atoms with Crippen molar-refractivity contribution in [2.24, 2.45) is 0 Å². The molecule has 1 amide bonds. The highest BCUT2D eigenvalue weighted by atomic mass is 16.4. The van der Waals surface area contributed by atoms with Gasteiger partial charge in [-0.25, -0.2) is 0 Å². The van der Waals surface area contributed by atoms with Crippen molar-refractivity contribution in [2.75, 3.05) is 11.4 Å². The normalized spacial score (nSPS) is 16.5. The zero-order valence-corrected chi connectivity index (χ0v) is 14.4. The van der Waals surface area contributed by atoms with Gasteiger partial charge in [0.25, 0.3) is 0 Å². The van der Waals surface area contributed by atoms with Crippen molar-refractivity contribution < 1.29 is 14.7 Å². The summed E-state index contributed by atoms with van der Waals surface area (Å²) in [5.41, 5.74) is 0.901. The summed E-state index contributed by atoms with van der Waals surface area (Å²) in [5.74, 6) is -0.941. The summed E-state index contributed by atoms with van der Waals surface area (Å²) in [6.07, 6.45) is 6.82. The minimum absolute atomic E-state index is 0.0459. The van der Waals surface area contributed by atoms with E-state index in [0.717, 1.165) is 37.8 Å². The molecule has 0 aromatic heterocycles. The number of nitrogens with zero attached hydrogens (tertiary/aromatic N) is 1. The van der Waals surface area contributed by atoms with E-state index in [2.05, 4.69) is 5.32 Å². The van der Waals surface area contributed by atoms with Crippen LogP contribution in [0.1, 0.15) is 51.9 Å². The molecule has 1 aliphatic carbocycles. The summed E-state index contributed by atoms with van der Waals surface area (Å²) in [6.45, 7) is 2.00. The van der Waals surface area contributed by atoms with E-state index in [1.54, 1.807) is 0 Å². The van der Waals surface area contributed by atoms with Crippen LogP contribution in [0, 0.1) is 0 Å². The van der Waals surface area contributed by atoms with Gasteiger partial charge in [-0.05, 0) is 31.4 Å². The molecule has 1 fully saturated rings. The van der Waals surface area contributed by atoms with Gasteiger partial charge in [-0.2, -0.15) is 0 Å². The third-order valence-electron chi connectivity index (χ3n) is 4.62. The first-order valence-electron chi connectivity index (χ1n) is 8.96. The Morgan fingerprint density at radius 2 is 1.88 bits per heavy atom. The Balaban J connectivity index is 2.08. The van der Waals surface area contributed by atoms with Gasteiger partial charge in [-0.3, -0.25) is 14.9 Å². The Kier molecular flexibility index (Phi) is 7.25. The van der Waals surface area contributed by atoms with Gasteiger partial charge >= 0.3 is 5.97 Å². The van der Waals surface area contributed by atoms with Crippen molar-refractivity contribution in [3.8, 4) is 0 Å². The number of hydrogen-bond acceptors (Lipinski definition) is 3. The Bertz CT molecular complexity index is 527. The molecule has 2 N–H and O–H groups in total. The first-order chi connectivity index (χ1) is 11.6. The summed E-state index contributed by atoms with van der Waals surface area (Å²) in [7, 11) is 0. The number of carbonyl (C=O) groups is 2. The first-order valence-corrected chi connectivity index (χ1v) is 8.96. The fraction of sp³-hybridized carbons (Fsp3) is 0.579. The quantitative estimate of drug-likeness (QED) is 0.767. The maximum Gasteiger partial charge on any atom is 0.320 e. The van der Waals surface area contributed by atoms with Gasteiger partial charge in [-0.1, -0.05) is 50.8 Å². The highest BCUT2D eigenvalue weighted by Crippen LogP contribution is 2.27. The molecule has 1 aromatic carbocycles. The molecule has 1 saturated carbocycles. The van der Waals surface area contributed by atoms with E-state index >= 15 is 0 Å². The van der Waals surface area contributed by atoms with E-state index in [-0.39, 0.29) is 18.5 Å². The number of carboxylic acid groups (broad SMARTS) is 1. The maximum atomic E-state index is 12.8. The zero-order chi connectivity index (χ0) is 17.4. The molecule has 0 spiro atoms. The second kappa shape index (κ2) is 9.42. The molecule has 1 aliphatic rings. The largest absolute Gasteiger partial charge is 0.480 e. The van der Waals surface area contributed by atoms with Crippen LogP contribution >= 0.6 is 0 Å². The van der Waals surface area contributed by atoms with Crippen molar-refractivity contribution in [3.63, 3.8) is 0 Å². The lowest BCUT2D eigenvalue weighted by atomic mass is 9.93. The lowest BCUT2D eigenvalue weighted by Crippen LogP contribution is -2.48. The van der Waals surface area contributed by atoms with Gasteiger partial charge in [0.15, 0.2) is 0 Å². The third kappa shape index (κ3) is 5.06. The highest BCUT2D eigenvalue weighted by Gasteiger charge is 2.27. The lowest BCUT2D eigenvalue weighted by Gasteiger charge is -2.35. The molecule has 0 heterocycles. The number of benzene rings is 1. The van der Waals surface area contributed by atoms with E-state index in [0.29, 0.717) is 6.42 Å². The predicted molar refractivity (Wildman–Crippen MR) is 95.1 cm³/mol. The minimum Gasteiger partial charge on any atom is -0.480 e. The van der Waals surface area contributed by atoms with Crippen molar-refractivity contribution >= 4 is 17.6 Å². The Hall–Kier alpha value is -1.88. The molecule has 5 nitrogen and oxygen atoms in total. The number of anilines is 1. The number of aliphatic carboxylic acids is 1. The van der Waals surface area contributed by atoms with Crippen molar-refractivity contribution in [1.29, 1.82) is 0 Å². The maximum absolute atomic E-state index is 12.8. The molecule has 1 aromatic rings. The molecule has 0 radical (unpaired) electrons. The lowest BCUT2D eigenvalue weighted by molar-refractivity contribution is -0.139. The first kappa shape index (κ1) is 18.5. The van der Waals surface area contributed by atoms with Gasteiger partial charge in [0.2, 0.25) is 5.91 Å². The number of para-hydroxylation sites is 1. The minimum atomic E-state index is -0.895. The van der Waals surface area contributed by atoms with E-state index in [1.807, 2.05) is 42.2 Å². The summed E-state index contributed by atoms with van der Waals surface area (Å²) in [6, 6.07) is 9.26. The number of amides is 1. The predicted octanol–water partition coefficient (Wildman–Crippen LogP) is 3.20. The van der Waals surface area contributed by atoms with E-state index in [1.165, 1.54) is 6.42 Å². The van der Waals surface area contributed by atoms with Crippen LogP contribution in [0.5, 0.6) is 0 Å². The van der Waals surface area contributed by atoms with Crippen LogP contribution in [0.3, 0.4) is 0 Å². The average Bonchev–Trinajstić information content (AvgIpc) is 2.60. The van der Waals surface area contributed by atoms with Crippen LogP contribution in [0.15, 0.2) is 30.3 Å². The monoisotopic (exact) mass is 332 g/mol. The molecular formula is C19H28N2O3. The number of hydrogen-bond donors (Lipinski definition) is 2.